The number of aliphatic hydroxyl groups is 1. The molecule has 0 radical (unpaired) electrons. The van der Waals surface area contributed by atoms with Crippen molar-refractivity contribution in [2.24, 2.45) is 5.41 Å². The van der Waals surface area contributed by atoms with Gasteiger partial charge < -0.3 is 21.1 Å². The van der Waals surface area contributed by atoms with E-state index in [0.717, 1.165) is 18.2 Å². The molecule has 7 heteroatoms. The molecule has 4 N–H and O–H groups in total. The van der Waals surface area contributed by atoms with Crippen LogP contribution in [0.25, 0.3) is 0 Å². The molecule has 1 amide bonds. The number of nitrogen functional groups attached to an aromatic ring is 1. The third kappa shape index (κ3) is 4.08. The number of anilines is 2. The van der Waals surface area contributed by atoms with Crippen molar-refractivity contribution in [3.63, 3.8) is 0 Å². The molecular formula is C13H24N4O2S. The first-order valence-corrected chi connectivity index (χ1v) is 7.56. The Labute approximate surface area is 124 Å². The van der Waals surface area contributed by atoms with Crippen LogP contribution in [0.5, 0.6) is 0 Å². The van der Waals surface area contributed by atoms with Gasteiger partial charge in [-0.2, -0.15) is 0 Å². The van der Waals surface area contributed by atoms with Crippen LogP contribution in [0, 0.1) is 5.41 Å². The maximum atomic E-state index is 12.1. The highest BCUT2D eigenvalue weighted by atomic mass is 32.1. The number of nitrogens with one attached hydrogen (secondary N) is 1. The Balaban J connectivity index is 2.79. The van der Waals surface area contributed by atoms with Crippen molar-refractivity contribution >= 4 is 28.2 Å². The van der Waals surface area contributed by atoms with Crippen molar-refractivity contribution in [1.82, 2.24) is 10.3 Å². The van der Waals surface area contributed by atoms with Gasteiger partial charge in [0.25, 0.3) is 5.91 Å². The zero-order valence-corrected chi connectivity index (χ0v) is 13.4. The van der Waals surface area contributed by atoms with Gasteiger partial charge in [0.05, 0.1) is 0 Å². The molecular weight excluding hydrogens is 276 g/mol. The third-order valence-corrected chi connectivity index (χ3v) is 4.17. The van der Waals surface area contributed by atoms with Crippen molar-refractivity contribution in [3.8, 4) is 0 Å². The second-order valence-electron chi connectivity index (χ2n) is 5.39. The van der Waals surface area contributed by atoms with E-state index >= 15 is 0 Å². The van der Waals surface area contributed by atoms with E-state index in [9.17, 15) is 9.90 Å². The predicted octanol–water partition coefficient (Wildman–Crippen LogP) is 1.32. The van der Waals surface area contributed by atoms with E-state index in [4.69, 9.17) is 5.73 Å². The summed E-state index contributed by atoms with van der Waals surface area (Å²) in [5.74, 6) is 0.0242. The molecule has 0 saturated heterocycles. The Morgan fingerprint density at radius 3 is 2.55 bits per heavy atom. The molecule has 0 unspecified atom stereocenters. The predicted molar refractivity (Wildman–Crippen MR) is 83.3 cm³/mol. The summed E-state index contributed by atoms with van der Waals surface area (Å²) in [5, 5.41) is 12.7. The molecule has 0 fully saturated rings. The standard InChI is InChI=1S/C13H24N4O2S/c1-5-17(6-2)12-16-10(14)9(20-12)11(19)15-7-13(3,4)8-18/h18H,5-8,14H2,1-4H3,(H,15,19). The molecule has 0 bridgehead atoms. The maximum Gasteiger partial charge on any atom is 0.265 e. The summed E-state index contributed by atoms with van der Waals surface area (Å²) >= 11 is 1.30. The first-order chi connectivity index (χ1) is 9.34. The van der Waals surface area contributed by atoms with Gasteiger partial charge in [0, 0.05) is 31.7 Å². The van der Waals surface area contributed by atoms with Crippen LogP contribution >= 0.6 is 11.3 Å². The van der Waals surface area contributed by atoms with Gasteiger partial charge >= 0.3 is 0 Å². The summed E-state index contributed by atoms with van der Waals surface area (Å²) in [6.45, 7) is 9.87. The number of nitrogens with two attached hydrogens (primary N) is 1. The summed E-state index contributed by atoms with van der Waals surface area (Å²) < 4.78 is 0. The number of rotatable bonds is 7. The normalized spacial score (nSPS) is 11.4. The minimum Gasteiger partial charge on any atom is -0.396 e. The van der Waals surface area contributed by atoms with Crippen molar-refractivity contribution in [1.29, 1.82) is 0 Å². The summed E-state index contributed by atoms with van der Waals surface area (Å²) in [7, 11) is 0. The van der Waals surface area contributed by atoms with Crippen LogP contribution in [0.2, 0.25) is 0 Å². The molecule has 1 rings (SSSR count). The van der Waals surface area contributed by atoms with Gasteiger partial charge in [-0.15, -0.1) is 0 Å². The lowest BCUT2D eigenvalue weighted by molar-refractivity contribution is 0.0915. The summed E-state index contributed by atoms with van der Waals surface area (Å²) in [6, 6.07) is 0. The minimum atomic E-state index is -0.350. The van der Waals surface area contributed by atoms with E-state index in [1.807, 2.05) is 27.7 Å². The van der Waals surface area contributed by atoms with Gasteiger partial charge in [0.15, 0.2) is 5.13 Å². The van der Waals surface area contributed by atoms with E-state index in [0.29, 0.717) is 11.4 Å². The average Bonchev–Trinajstić information content (AvgIpc) is 2.80. The number of carbonyl (C=O) groups is 1. The quantitative estimate of drug-likeness (QED) is 0.706. The number of nitrogens with zero attached hydrogens (tertiary/aromatic N) is 2. The molecule has 0 saturated carbocycles. The molecule has 0 aliphatic heterocycles. The van der Waals surface area contributed by atoms with Gasteiger partial charge in [-0.25, -0.2) is 4.98 Å². The number of amides is 1. The Morgan fingerprint density at radius 1 is 1.45 bits per heavy atom. The fraction of sp³-hybridized carbons (Fsp3) is 0.692. The van der Waals surface area contributed by atoms with Gasteiger partial charge in [0.1, 0.15) is 10.7 Å². The summed E-state index contributed by atoms with van der Waals surface area (Å²) in [4.78, 5) is 18.9. The van der Waals surface area contributed by atoms with Crippen molar-refractivity contribution in [2.75, 3.05) is 36.9 Å². The molecule has 1 aromatic heterocycles. The Morgan fingerprint density at radius 2 is 2.05 bits per heavy atom. The van der Waals surface area contributed by atoms with Gasteiger partial charge in [0.2, 0.25) is 0 Å². The second-order valence-corrected chi connectivity index (χ2v) is 6.37. The van der Waals surface area contributed by atoms with E-state index in [1.165, 1.54) is 11.3 Å². The van der Waals surface area contributed by atoms with Crippen molar-refractivity contribution in [3.05, 3.63) is 4.88 Å². The topological polar surface area (TPSA) is 91.5 Å². The monoisotopic (exact) mass is 300 g/mol. The molecule has 1 heterocycles. The second kappa shape index (κ2) is 6.90. The van der Waals surface area contributed by atoms with Crippen molar-refractivity contribution < 1.29 is 9.90 Å². The molecule has 0 aliphatic rings. The van der Waals surface area contributed by atoms with Crippen LogP contribution in [0.4, 0.5) is 10.9 Å². The first kappa shape index (κ1) is 16.7. The molecule has 0 atom stereocenters. The maximum absolute atomic E-state index is 12.1. The largest absolute Gasteiger partial charge is 0.396 e. The average molecular weight is 300 g/mol. The molecule has 6 nitrogen and oxygen atoms in total. The lowest BCUT2D eigenvalue weighted by Gasteiger charge is -2.21. The lowest BCUT2D eigenvalue weighted by Crippen LogP contribution is -2.36. The number of carbonyl (C=O) groups excluding carboxylic acids is 1. The number of aromatic nitrogens is 1. The van der Waals surface area contributed by atoms with Gasteiger partial charge in [-0.1, -0.05) is 25.2 Å². The Kier molecular flexibility index (Phi) is 5.76. The van der Waals surface area contributed by atoms with Crippen LogP contribution in [0.3, 0.4) is 0 Å². The van der Waals surface area contributed by atoms with Crippen LogP contribution < -0.4 is 16.0 Å². The van der Waals surface area contributed by atoms with Crippen LogP contribution in [0.1, 0.15) is 37.4 Å². The SMILES string of the molecule is CCN(CC)c1nc(N)c(C(=O)NCC(C)(C)CO)s1. The van der Waals surface area contributed by atoms with E-state index in [1.54, 1.807) is 0 Å². The number of hydrogen-bond acceptors (Lipinski definition) is 6. The van der Waals surface area contributed by atoms with Crippen LogP contribution in [-0.2, 0) is 0 Å². The Bertz CT molecular complexity index is 455. The number of thiazole rings is 1. The van der Waals surface area contributed by atoms with Crippen molar-refractivity contribution in [2.45, 2.75) is 27.7 Å². The van der Waals surface area contributed by atoms with Crippen LogP contribution in [0.15, 0.2) is 0 Å². The molecule has 1 aromatic rings. The molecule has 0 aromatic carbocycles. The highest BCUT2D eigenvalue weighted by molar-refractivity contribution is 7.18. The van der Waals surface area contributed by atoms with E-state index in [-0.39, 0.29) is 23.7 Å². The third-order valence-electron chi connectivity index (χ3n) is 3.04. The van der Waals surface area contributed by atoms with E-state index < -0.39 is 0 Å². The van der Waals surface area contributed by atoms with Gasteiger partial charge in [-0.05, 0) is 13.8 Å². The molecule has 114 valence electrons. The first-order valence-electron chi connectivity index (χ1n) is 6.75. The summed E-state index contributed by atoms with van der Waals surface area (Å²) in [5.41, 5.74) is 5.47. The highest BCUT2D eigenvalue weighted by Crippen LogP contribution is 2.28. The van der Waals surface area contributed by atoms with Gasteiger partial charge in [-0.3, -0.25) is 4.79 Å². The molecule has 20 heavy (non-hydrogen) atoms. The fourth-order valence-corrected chi connectivity index (χ4v) is 2.60. The highest BCUT2D eigenvalue weighted by Gasteiger charge is 2.22. The minimum absolute atomic E-state index is 0.0101. The zero-order chi connectivity index (χ0) is 15.3. The molecule has 0 spiro atoms. The number of hydrogen-bond donors (Lipinski definition) is 3. The number of aliphatic hydroxyl groups excluding tert-OH is 1. The zero-order valence-electron chi connectivity index (χ0n) is 12.6. The van der Waals surface area contributed by atoms with E-state index in [2.05, 4.69) is 15.2 Å². The lowest BCUT2D eigenvalue weighted by atomic mass is 9.95. The smallest absolute Gasteiger partial charge is 0.265 e. The fourth-order valence-electron chi connectivity index (χ4n) is 1.57. The molecule has 0 aliphatic carbocycles. The summed E-state index contributed by atoms with van der Waals surface area (Å²) in [6.07, 6.45) is 0. The Hall–Kier alpha value is -1.34. The van der Waals surface area contributed by atoms with Crippen LogP contribution in [-0.4, -0.2) is 42.2 Å².